The highest BCUT2D eigenvalue weighted by atomic mass is 16.2. The third kappa shape index (κ3) is 3.56. The highest BCUT2D eigenvalue weighted by molar-refractivity contribution is 5.58. The van der Waals surface area contributed by atoms with E-state index < -0.39 is 0 Å². The van der Waals surface area contributed by atoms with Crippen molar-refractivity contribution in [1.29, 1.82) is 5.26 Å². The average Bonchev–Trinajstić information content (AvgIpc) is 2.28. The molecule has 3 nitrogen and oxygen atoms in total. The van der Waals surface area contributed by atoms with Crippen LogP contribution in [0.5, 0.6) is 0 Å². The summed E-state index contributed by atoms with van der Waals surface area (Å²) in [4.78, 5) is 0. The summed E-state index contributed by atoms with van der Waals surface area (Å²) in [5.74, 6) is 0. The molecule has 0 amide bonds. The number of aliphatic hydroxyl groups excluding tert-OH is 1. The van der Waals surface area contributed by atoms with Gasteiger partial charge >= 0.3 is 0 Å². The normalized spacial score (nSPS) is 11.9. The van der Waals surface area contributed by atoms with E-state index in [1.165, 1.54) is 0 Å². The average molecular weight is 218 g/mol. The van der Waals surface area contributed by atoms with Crippen molar-refractivity contribution in [3.63, 3.8) is 0 Å². The Labute approximate surface area is 96.7 Å². The second-order valence-corrected chi connectivity index (χ2v) is 4.07. The molecule has 0 heterocycles. The molecule has 2 N–H and O–H groups in total. The first-order valence-electron chi connectivity index (χ1n) is 5.55. The van der Waals surface area contributed by atoms with Gasteiger partial charge in [-0.05, 0) is 44.4 Å². The van der Waals surface area contributed by atoms with E-state index in [0.717, 1.165) is 24.1 Å². The number of rotatable bonds is 5. The summed E-state index contributed by atoms with van der Waals surface area (Å²) in [7, 11) is 0. The molecule has 0 aliphatic rings. The van der Waals surface area contributed by atoms with Gasteiger partial charge in [-0.15, -0.1) is 0 Å². The first kappa shape index (κ1) is 12.5. The van der Waals surface area contributed by atoms with Gasteiger partial charge in [0.2, 0.25) is 0 Å². The lowest BCUT2D eigenvalue weighted by Gasteiger charge is -2.15. The number of aryl methyl sites for hydroxylation is 1. The standard InChI is InChI=1S/C13H18N2O/c1-10-5-6-13(12(8-10)9-14)15-11(2)4-3-7-16/h5-6,8,11,15-16H,3-4,7H2,1-2H3. The summed E-state index contributed by atoms with van der Waals surface area (Å²) in [5.41, 5.74) is 2.64. The van der Waals surface area contributed by atoms with Crippen molar-refractivity contribution in [3.8, 4) is 6.07 Å². The Morgan fingerprint density at radius 2 is 2.25 bits per heavy atom. The highest BCUT2D eigenvalue weighted by Crippen LogP contribution is 2.18. The van der Waals surface area contributed by atoms with Crippen LogP contribution in [0.4, 0.5) is 5.69 Å². The number of nitrogens with zero attached hydrogens (tertiary/aromatic N) is 1. The van der Waals surface area contributed by atoms with Crippen molar-refractivity contribution in [2.45, 2.75) is 32.7 Å². The maximum Gasteiger partial charge on any atom is 0.101 e. The fourth-order valence-corrected chi connectivity index (χ4v) is 1.61. The quantitative estimate of drug-likeness (QED) is 0.798. The SMILES string of the molecule is Cc1ccc(NC(C)CCCO)c(C#N)c1. The molecule has 0 aliphatic carbocycles. The van der Waals surface area contributed by atoms with E-state index in [-0.39, 0.29) is 12.6 Å². The van der Waals surface area contributed by atoms with Gasteiger partial charge in [0.15, 0.2) is 0 Å². The number of hydrogen-bond acceptors (Lipinski definition) is 3. The van der Waals surface area contributed by atoms with Gasteiger partial charge in [-0.1, -0.05) is 6.07 Å². The maximum atomic E-state index is 9.00. The minimum atomic E-state index is 0.213. The molecule has 0 saturated carbocycles. The molecule has 16 heavy (non-hydrogen) atoms. The first-order chi connectivity index (χ1) is 7.67. The van der Waals surface area contributed by atoms with E-state index in [1.807, 2.05) is 25.1 Å². The summed E-state index contributed by atoms with van der Waals surface area (Å²) in [5, 5.41) is 21.0. The van der Waals surface area contributed by atoms with E-state index in [0.29, 0.717) is 5.56 Å². The van der Waals surface area contributed by atoms with E-state index in [9.17, 15) is 0 Å². The number of hydrogen-bond donors (Lipinski definition) is 2. The predicted octanol–water partition coefficient (Wildman–Crippen LogP) is 2.44. The minimum absolute atomic E-state index is 0.213. The van der Waals surface area contributed by atoms with Crippen LogP contribution in [0.25, 0.3) is 0 Å². The lowest BCUT2D eigenvalue weighted by molar-refractivity contribution is 0.282. The van der Waals surface area contributed by atoms with E-state index >= 15 is 0 Å². The number of nitrogens with one attached hydrogen (secondary N) is 1. The zero-order valence-corrected chi connectivity index (χ0v) is 9.83. The molecule has 0 bridgehead atoms. The van der Waals surface area contributed by atoms with Crippen molar-refractivity contribution in [2.75, 3.05) is 11.9 Å². The Morgan fingerprint density at radius 3 is 2.88 bits per heavy atom. The van der Waals surface area contributed by atoms with E-state index in [4.69, 9.17) is 10.4 Å². The van der Waals surface area contributed by atoms with Crippen molar-refractivity contribution < 1.29 is 5.11 Å². The summed E-state index contributed by atoms with van der Waals surface area (Å²) < 4.78 is 0. The van der Waals surface area contributed by atoms with Gasteiger partial charge in [0.25, 0.3) is 0 Å². The third-order valence-electron chi connectivity index (χ3n) is 2.49. The molecule has 1 aromatic rings. The first-order valence-corrected chi connectivity index (χ1v) is 5.55. The monoisotopic (exact) mass is 218 g/mol. The molecule has 0 saturated heterocycles. The van der Waals surface area contributed by atoms with Gasteiger partial charge in [0.05, 0.1) is 11.3 Å². The van der Waals surface area contributed by atoms with Crippen molar-refractivity contribution >= 4 is 5.69 Å². The Hall–Kier alpha value is -1.53. The minimum Gasteiger partial charge on any atom is -0.396 e. The summed E-state index contributed by atoms with van der Waals surface area (Å²) >= 11 is 0. The molecule has 0 spiro atoms. The zero-order valence-electron chi connectivity index (χ0n) is 9.83. The molecule has 0 aliphatic heterocycles. The fourth-order valence-electron chi connectivity index (χ4n) is 1.61. The highest BCUT2D eigenvalue weighted by Gasteiger charge is 2.06. The summed E-state index contributed by atoms with van der Waals surface area (Å²) in [6.45, 7) is 4.24. The van der Waals surface area contributed by atoms with Crippen LogP contribution in [0.3, 0.4) is 0 Å². The van der Waals surface area contributed by atoms with E-state index in [2.05, 4.69) is 18.3 Å². The molecule has 1 aromatic carbocycles. The number of benzene rings is 1. The zero-order chi connectivity index (χ0) is 12.0. The third-order valence-corrected chi connectivity index (χ3v) is 2.49. The van der Waals surface area contributed by atoms with Gasteiger partial charge in [-0.25, -0.2) is 0 Å². The smallest absolute Gasteiger partial charge is 0.101 e. The lowest BCUT2D eigenvalue weighted by Crippen LogP contribution is -2.16. The van der Waals surface area contributed by atoms with Crippen molar-refractivity contribution in [1.82, 2.24) is 0 Å². The van der Waals surface area contributed by atoms with Crippen LogP contribution in [0.2, 0.25) is 0 Å². The molecule has 1 atom stereocenters. The van der Waals surface area contributed by atoms with Gasteiger partial charge in [-0.2, -0.15) is 5.26 Å². The molecular formula is C13H18N2O. The number of anilines is 1. The molecule has 0 radical (unpaired) electrons. The fraction of sp³-hybridized carbons (Fsp3) is 0.462. The molecule has 0 aromatic heterocycles. The second-order valence-electron chi connectivity index (χ2n) is 4.07. The predicted molar refractivity (Wildman–Crippen MR) is 65.3 cm³/mol. The molecule has 0 fully saturated rings. The van der Waals surface area contributed by atoms with Crippen LogP contribution in [0, 0.1) is 18.3 Å². The lowest BCUT2D eigenvalue weighted by atomic mass is 10.1. The van der Waals surface area contributed by atoms with Crippen molar-refractivity contribution in [3.05, 3.63) is 29.3 Å². The molecule has 1 unspecified atom stereocenters. The Kier molecular flexibility index (Phi) is 4.81. The van der Waals surface area contributed by atoms with Gasteiger partial charge < -0.3 is 10.4 Å². The number of nitriles is 1. The van der Waals surface area contributed by atoms with E-state index in [1.54, 1.807) is 0 Å². The van der Waals surface area contributed by atoms with Crippen LogP contribution in [-0.4, -0.2) is 17.8 Å². The molecule has 1 rings (SSSR count). The summed E-state index contributed by atoms with van der Waals surface area (Å²) in [6.07, 6.45) is 1.68. The second kappa shape index (κ2) is 6.14. The molecule has 3 heteroatoms. The maximum absolute atomic E-state index is 9.00. The Morgan fingerprint density at radius 1 is 1.50 bits per heavy atom. The van der Waals surface area contributed by atoms with Crippen LogP contribution < -0.4 is 5.32 Å². The Balaban J connectivity index is 2.70. The van der Waals surface area contributed by atoms with Crippen LogP contribution in [0.15, 0.2) is 18.2 Å². The van der Waals surface area contributed by atoms with Crippen molar-refractivity contribution in [2.24, 2.45) is 0 Å². The summed E-state index contributed by atoms with van der Waals surface area (Å²) in [6, 6.07) is 8.25. The largest absolute Gasteiger partial charge is 0.396 e. The van der Waals surface area contributed by atoms with Gasteiger partial charge in [0.1, 0.15) is 6.07 Å². The van der Waals surface area contributed by atoms with Gasteiger partial charge in [-0.3, -0.25) is 0 Å². The van der Waals surface area contributed by atoms with Crippen LogP contribution in [0.1, 0.15) is 30.9 Å². The molecular weight excluding hydrogens is 200 g/mol. The van der Waals surface area contributed by atoms with Crippen LogP contribution in [-0.2, 0) is 0 Å². The number of aliphatic hydroxyl groups is 1. The van der Waals surface area contributed by atoms with Crippen LogP contribution >= 0.6 is 0 Å². The Bertz CT molecular complexity index is 382. The topological polar surface area (TPSA) is 56.0 Å². The molecule has 86 valence electrons. The van der Waals surface area contributed by atoms with Gasteiger partial charge in [0, 0.05) is 12.6 Å².